The van der Waals surface area contributed by atoms with E-state index >= 15 is 0 Å². The summed E-state index contributed by atoms with van der Waals surface area (Å²) in [6.07, 6.45) is -3.24. The van der Waals surface area contributed by atoms with Gasteiger partial charge in [0, 0.05) is 5.69 Å². The van der Waals surface area contributed by atoms with Crippen LogP contribution in [0.25, 0.3) is 0 Å². The maximum absolute atomic E-state index is 12.9. The van der Waals surface area contributed by atoms with Gasteiger partial charge in [-0.05, 0) is 42.5 Å². The maximum atomic E-state index is 12.9. The van der Waals surface area contributed by atoms with Crippen LogP contribution in [-0.2, 0) is 6.18 Å². The first kappa shape index (κ1) is 18.4. The Morgan fingerprint density at radius 1 is 1.04 bits per heavy atom. The third-order valence-electron chi connectivity index (χ3n) is 3.39. The number of benzene rings is 2. The van der Waals surface area contributed by atoms with E-state index in [-0.39, 0.29) is 22.5 Å². The van der Waals surface area contributed by atoms with Crippen LogP contribution in [0.1, 0.15) is 11.1 Å². The smallest absolute Gasteiger partial charge is 0.338 e. The van der Waals surface area contributed by atoms with Gasteiger partial charge >= 0.3 is 6.18 Å². The molecule has 10 heteroatoms. The minimum atomic E-state index is -4.49. The van der Waals surface area contributed by atoms with E-state index in [0.29, 0.717) is 11.3 Å². The number of hydrogen-bond acceptors (Lipinski definition) is 6. The summed E-state index contributed by atoms with van der Waals surface area (Å²) in [6.45, 7) is 0. The van der Waals surface area contributed by atoms with Gasteiger partial charge in [0.1, 0.15) is 0 Å². The fraction of sp³-hybridized carbons (Fsp3) is 0.0588. The van der Waals surface area contributed by atoms with Crippen LogP contribution in [0.5, 0.6) is 0 Å². The summed E-state index contributed by atoms with van der Waals surface area (Å²) in [5, 5.41) is 22.0. The Hall–Kier alpha value is -3.38. The zero-order valence-electron chi connectivity index (χ0n) is 13.4. The van der Waals surface area contributed by atoms with Gasteiger partial charge in [0.15, 0.2) is 5.82 Å². The molecule has 136 valence electrons. The predicted octanol–water partition coefficient (Wildman–Crippen LogP) is 4.90. The highest BCUT2D eigenvalue weighted by Gasteiger charge is 2.31. The summed E-state index contributed by atoms with van der Waals surface area (Å²) in [5.74, 6) is 0.273. The third kappa shape index (κ3) is 4.62. The molecule has 1 aromatic heterocycles. The van der Waals surface area contributed by atoms with Gasteiger partial charge < -0.3 is 10.6 Å². The fourth-order valence-electron chi connectivity index (χ4n) is 2.11. The molecular formula is C17H10ClF3N6. The van der Waals surface area contributed by atoms with E-state index in [9.17, 15) is 13.2 Å². The second-order valence-electron chi connectivity index (χ2n) is 5.30. The van der Waals surface area contributed by atoms with Crippen molar-refractivity contribution in [3.05, 3.63) is 64.8 Å². The molecule has 0 amide bonds. The zero-order chi connectivity index (χ0) is 19.4. The largest absolute Gasteiger partial charge is 0.416 e. The number of rotatable bonds is 4. The minimum absolute atomic E-state index is 0.0383. The summed E-state index contributed by atoms with van der Waals surface area (Å²) >= 11 is 5.96. The van der Waals surface area contributed by atoms with Gasteiger partial charge in [-0.25, -0.2) is 0 Å². The molecule has 2 N–H and O–H groups in total. The average Bonchev–Trinajstić information content (AvgIpc) is 2.63. The number of aromatic nitrogens is 3. The molecule has 0 aliphatic rings. The lowest BCUT2D eigenvalue weighted by molar-refractivity contribution is -0.137. The van der Waals surface area contributed by atoms with Gasteiger partial charge in [-0.3, -0.25) is 0 Å². The van der Waals surface area contributed by atoms with E-state index in [0.717, 1.165) is 18.2 Å². The summed E-state index contributed by atoms with van der Waals surface area (Å²) in [6, 6.07) is 11.5. The molecule has 0 spiro atoms. The van der Waals surface area contributed by atoms with Gasteiger partial charge in [0.05, 0.1) is 34.1 Å². The first-order chi connectivity index (χ1) is 12.8. The van der Waals surface area contributed by atoms with Gasteiger partial charge in [0.2, 0.25) is 5.95 Å². The zero-order valence-corrected chi connectivity index (χ0v) is 14.2. The van der Waals surface area contributed by atoms with Crippen LogP contribution in [0, 0.1) is 11.3 Å². The van der Waals surface area contributed by atoms with Crippen LogP contribution in [-0.4, -0.2) is 15.2 Å². The van der Waals surface area contributed by atoms with E-state index in [1.165, 1.54) is 6.20 Å². The van der Waals surface area contributed by atoms with Crippen molar-refractivity contribution in [1.29, 1.82) is 5.26 Å². The van der Waals surface area contributed by atoms with Crippen molar-refractivity contribution in [2.24, 2.45) is 0 Å². The Bertz CT molecular complexity index is 999. The molecule has 0 saturated carbocycles. The molecule has 0 radical (unpaired) electrons. The highest BCUT2D eigenvalue weighted by Crippen LogP contribution is 2.34. The Kier molecular flexibility index (Phi) is 5.09. The Labute approximate surface area is 156 Å². The van der Waals surface area contributed by atoms with E-state index in [4.69, 9.17) is 16.9 Å². The second kappa shape index (κ2) is 7.47. The second-order valence-corrected chi connectivity index (χ2v) is 5.70. The van der Waals surface area contributed by atoms with Crippen LogP contribution in [0.15, 0.2) is 48.7 Å². The molecule has 6 nitrogen and oxygen atoms in total. The highest BCUT2D eigenvalue weighted by molar-refractivity contribution is 6.33. The van der Waals surface area contributed by atoms with Crippen molar-refractivity contribution in [3.8, 4) is 6.07 Å². The number of nitrogens with zero attached hydrogens (tertiary/aromatic N) is 4. The molecule has 0 bridgehead atoms. The van der Waals surface area contributed by atoms with Crippen LogP contribution in [0.4, 0.5) is 36.3 Å². The monoisotopic (exact) mass is 390 g/mol. The highest BCUT2D eigenvalue weighted by atomic mass is 35.5. The van der Waals surface area contributed by atoms with Crippen LogP contribution >= 0.6 is 11.6 Å². The topological polar surface area (TPSA) is 86.5 Å². The van der Waals surface area contributed by atoms with E-state index in [2.05, 4.69) is 25.8 Å². The summed E-state index contributed by atoms with van der Waals surface area (Å²) in [4.78, 5) is 4.14. The van der Waals surface area contributed by atoms with Crippen molar-refractivity contribution < 1.29 is 13.2 Å². The molecule has 3 rings (SSSR count). The maximum Gasteiger partial charge on any atom is 0.416 e. The molecule has 2 aromatic carbocycles. The molecule has 3 aromatic rings. The van der Waals surface area contributed by atoms with Gasteiger partial charge in [-0.2, -0.15) is 28.5 Å². The Balaban J connectivity index is 1.81. The van der Waals surface area contributed by atoms with Crippen molar-refractivity contribution >= 4 is 34.7 Å². The first-order valence-electron chi connectivity index (χ1n) is 7.46. The van der Waals surface area contributed by atoms with Gasteiger partial charge in [-0.1, -0.05) is 11.6 Å². The molecule has 27 heavy (non-hydrogen) atoms. The Morgan fingerprint density at radius 2 is 1.78 bits per heavy atom. The molecule has 0 fully saturated rings. The molecule has 0 unspecified atom stereocenters. The third-order valence-corrected chi connectivity index (χ3v) is 3.71. The molecule has 0 aliphatic carbocycles. The Morgan fingerprint density at radius 3 is 2.44 bits per heavy atom. The fourth-order valence-corrected chi connectivity index (χ4v) is 2.27. The molecule has 0 aliphatic heterocycles. The number of halogens is 4. The predicted molar refractivity (Wildman–Crippen MR) is 94.0 cm³/mol. The lowest BCUT2D eigenvalue weighted by Crippen LogP contribution is -2.06. The lowest BCUT2D eigenvalue weighted by atomic mass is 10.2. The van der Waals surface area contributed by atoms with Crippen molar-refractivity contribution in [1.82, 2.24) is 15.2 Å². The molecular weight excluding hydrogens is 381 g/mol. The summed E-state index contributed by atoms with van der Waals surface area (Å²) in [5.41, 5.74) is 0.308. The first-order valence-corrected chi connectivity index (χ1v) is 7.83. The molecule has 1 heterocycles. The average molecular weight is 391 g/mol. The van der Waals surface area contributed by atoms with Gasteiger partial charge in [-0.15, -0.1) is 5.10 Å². The summed E-state index contributed by atoms with van der Waals surface area (Å²) in [7, 11) is 0. The minimum Gasteiger partial charge on any atom is -0.338 e. The van der Waals surface area contributed by atoms with Crippen LogP contribution in [0.3, 0.4) is 0 Å². The van der Waals surface area contributed by atoms with Crippen LogP contribution < -0.4 is 10.6 Å². The van der Waals surface area contributed by atoms with Gasteiger partial charge in [0.25, 0.3) is 0 Å². The van der Waals surface area contributed by atoms with Crippen molar-refractivity contribution in [3.63, 3.8) is 0 Å². The van der Waals surface area contributed by atoms with Crippen molar-refractivity contribution in [2.75, 3.05) is 10.6 Å². The quantitative estimate of drug-likeness (QED) is 0.658. The van der Waals surface area contributed by atoms with E-state index in [1.807, 2.05) is 6.07 Å². The van der Waals surface area contributed by atoms with Crippen molar-refractivity contribution in [2.45, 2.75) is 6.18 Å². The number of nitrogens with one attached hydrogen (secondary N) is 2. The number of hydrogen-bond donors (Lipinski definition) is 2. The summed E-state index contributed by atoms with van der Waals surface area (Å²) < 4.78 is 38.6. The molecule has 0 atom stereocenters. The molecule has 0 saturated heterocycles. The number of nitriles is 1. The number of alkyl halides is 3. The van der Waals surface area contributed by atoms with E-state index in [1.54, 1.807) is 24.3 Å². The normalized spacial score (nSPS) is 10.9. The SMILES string of the molecule is N#Cc1ccc(Nc2nncc(Nc3cc(C(F)(F)F)ccc3Cl)n2)cc1. The number of anilines is 4. The lowest BCUT2D eigenvalue weighted by Gasteiger charge is -2.12. The standard InChI is InChI=1S/C17H10ClF3N6/c18-13-6-3-11(17(19,20)21)7-14(13)25-15-9-23-27-16(26-15)24-12-4-1-10(8-22)2-5-12/h1-7,9H,(H2,24,25,26,27). The van der Waals surface area contributed by atoms with Crippen LogP contribution in [0.2, 0.25) is 5.02 Å². The van der Waals surface area contributed by atoms with E-state index < -0.39 is 11.7 Å².